The molecule has 2 aromatic carbocycles. The van der Waals surface area contributed by atoms with Crippen molar-refractivity contribution in [2.24, 2.45) is 0 Å². The maximum atomic E-state index is 14.3. The molecular weight excluding hydrogens is 332 g/mol. The van der Waals surface area contributed by atoms with Crippen molar-refractivity contribution in [2.45, 2.75) is 46.0 Å². The van der Waals surface area contributed by atoms with Crippen molar-refractivity contribution in [3.05, 3.63) is 53.1 Å². The van der Waals surface area contributed by atoms with E-state index in [9.17, 15) is 17.6 Å². The van der Waals surface area contributed by atoms with Crippen molar-refractivity contribution >= 4 is 0 Å². The molecule has 0 atom stereocenters. The zero-order valence-electron chi connectivity index (χ0n) is 14.5. The van der Waals surface area contributed by atoms with Crippen LogP contribution in [-0.2, 0) is 6.42 Å². The second kappa shape index (κ2) is 8.88. The Labute approximate surface area is 145 Å². The Morgan fingerprint density at radius 1 is 0.720 bits per heavy atom. The van der Waals surface area contributed by atoms with Gasteiger partial charge in [-0.25, -0.2) is 13.2 Å². The van der Waals surface area contributed by atoms with Crippen LogP contribution < -0.4 is 4.74 Å². The number of unbranched alkanes of at least 4 members (excludes halogenated alkanes) is 2. The van der Waals surface area contributed by atoms with Crippen LogP contribution in [-0.4, -0.2) is 6.61 Å². The van der Waals surface area contributed by atoms with Gasteiger partial charge in [0.2, 0.25) is 5.82 Å². The lowest BCUT2D eigenvalue weighted by Gasteiger charge is -2.12. The van der Waals surface area contributed by atoms with Gasteiger partial charge in [-0.05, 0) is 37.0 Å². The fraction of sp³-hybridized carbons (Fsp3) is 0.400. The van der Waals surface area contributed by atoms with E-state index < -0.39 is 23.3 Å². The molecule has 0 saturated carbocycles. The topological polar surface area (TPSA) is 9.23 Å². The molecule has 0 N–H and O–H groups in total. The predicted octanol–water partition coefficient (Wildman–Crippen LogP) is 6.43. The molecular formula is C20H22F4O. The summed E-state index contributed by atoms with van der Waals surface area (Å²) in [7, 11) is 0. The van der Waals surface area contributed by atoms with Gasteiger partial charge in [0.15, 0.2) is 23.2 Å². The van der Waals surface area contributed by atoms with E-state index in [1.807, 2.05) is 13.8 Å². The molecule has 0 heterocycles. The lowest BCUT2D eigenvalue weighted by atomic mass is 9.99. The van der Waals surface area contributed by atoms with Crippen LogP contribution in [0.5, 0.6) is 5.75 Å². The first-order valence-electron chi connectivity index (χ1n) is 8.59. The van der Waals surface area contributed by atoms with Gasteiger partial charge in [-0.15, -0.1) is 0 Å². The van der Waals surface area contributed by atoms with Gasteiger partial charge in [0, 0.05) is 11.1 Å². The third kappa shape index (κ3) is 4.33. The smallest absolute Gasteiger partial charge is 0.201 e. The molecule has 0 aromatic heterocycles. The number of benzene rings is 2. The number of hydrogen-bond donors (Lipinski definition) is 0. The van der Waals surface area contributed by atoms with E-state index in [-0.39, 0.29) is 29.0 Å². The van der Waals surface area contributed by atoms with Crippen LogP contribution in [0.2, 0.25) is 0 Å². The maximum absolute atomic E-state index is 14.3. The number of rotatable bonds is 8. The van der Waals surface area contributed by atoms with Crippen molar-refractivity contribution in [1.29, 1.82) is 0 Å². The van der Waals surface area contributed by atoms with Gasteiger partial charge in [0.1, 0.15) is 0 Å². The first-order valence-corrected chi connectivity index (χ1v) is 8.59. The van der Waals surface area contributed by atoms with Gasteiger partial charge >= 0.3 is 0 Å². The normalized spacial score (nSPS) is 11.0. The van der Waals surface area contributed by atoms with Crippen molar-refractivity contribution < 1.29 is 22.3 Å². The molecule has 25 heavy (non-hydrogen) atoms. The summed E-state index contributed by atoms with van der Waals surface area (Å²) in [5.74, 6) is -4.83. The van der Waals surface area contributed by atoms with E-state index in [2.05, 4.69) is 0 Å². The standard InChI is InChI=1S/C20H22F4O/c1-3-5-7-13-8-9-14(18(22)17(13)21)15-10-11-16(20(24)19(15)23)25-12-6-4-2/h8-11H,3-7,12H2,1-2H3. The summed E-state index contributed by atoms with van der Waals surface area (Å²) in [5.41, 5.74) is -0.378. The Kier molecular flexibility index (Phi) is 6.85. The average Bonchev–Trinajstić information content (AvgIpc) is 2.61. The molecule has 1 nitrogen and oxygen atoms in total. The largest absolute Gasteiger partial charge is 0.490 e. The first-order chi connectivity index (χ1) is 12.0. The number of halogens is 4. The molecule has 2 aromatic rings. The SMILES string of the molecule is CCCCOc1ccc(-c2ccc(CCCC)c(F)c2F)c(F)c1F. The minimum absolute atomic E-state index is 0.227. The van der Waals surface area contributed by atoms with E-state index in [0.29, 0.717) is 12.8 Å². The highest BCUT2D eigenvalue weighted by Crippen LogP contribution is 2.33. The molecule has 0 unspecified atom stereocenters. The summed E-state index contributed by atoms with van der Waals surface area (Å²) >= 11 is 0. The molecule has 5 heteroatoms. The van der Waals surface area contributed by atoms with Crippen LogP contribution in [0.25, 0.3) is 11.1 Å². The molecule has 0 amide bonds. The van der Waals surface area contributed by atoms with Crippen LogP contribution in [0.4, 0.5) is 17.6 Å². The Hall–Kier alpha value is -2.04. The molecule has 0 aliphatic carbocycles. The molecule has 136 valence electrons. The highest BCUT2D eigenvalue weighted by atomic mass is 19.2. The Bertz CT molecular complexity index is 728. The van der Waals surface area contributed by atoms with E-state index in [1.54, 1.807) is 0 Å². The predicted molar refractivity (Wildman–Crippen MR) is 90.7 cm³/mol. The Morgan fingerprint density at radius 3 is 1.96 bits per heavy atom. The van der Waals surface area contributed by atoms with Gasteiger partial charge in [-0.1, -0.05) is 38.8 Å². The van der Waals surface area contributed by atoms with E-state index in [4.69, 9.17) is 4.74 Å². The molecule has 2 rings (SSSR count). The van der Waals surface area contributed by atoms with Gasteiger partial charge in [-0.2, -0.15) is 4.39 Å². The third-order valence-corrected chi connectivity index (χ3v) is 4.05. The second-order valence-corrected chi connectivity index (χ2v) is 5.95. The first kappa shape index (κ1) is 19.3. The summed E-state index contributed by atoms with van der Waals surface area (Å²) < 4.78 is 62.2. The van der Waals surface area contributed by atoms with E-state index in [1.165, 1.54) is 24.3 Å². The molecule has 0 spiro atoms. The van der Waals surface area contributed by atoms with Crippen LogP contribution in [0.1, 0.15) is 45.1 Å². The summed E-state index contributed by atoms with van der Waals surface area (Å²) in [6.07, 6.45) is 3.55. The molecule has 0 fully saturated rings. The number of hydrogen-bond acceptors (Lipinski definition) is 1. The van der Waals surface area contributed by atoms with Crippen LogP contribution in [0.15, 0.2) is 24.3 Å². The fourth-order valence-electron chi connectivity index (χ4n) is 2.54. The summed E-state index contributed by atoms with van der Waals surface area (Å²) in [6.45, 7) is 4.16. The van der Waals surface area contributed by atoms with Gasteiger partial charge in [0.05, 0.1) is 6.61 Å². The van der Waals surface area contributed by atoms with Gasteiger partial charge in [0.25, 0.3) is 0 Å². The minimum Gasteiger partial charge on any atom is -0.490 e. The molecule has 0 radical (unpaired) electrons. The van der Waals surface area contributed by atoms with E-state index >= 15 is 0 Å². The Morgan fingerprint density at radius 2 is 1.32 bits per heavy atom. The second-order valence-electron chi connectivity index (χ2n) is 5.95. The van der Waals surface area contributed by atoms with Gasteiger partial charge < -0.3 is 4.74 Å². The maximum Gasteiger partial charge on any atom is 0.201 e. The fourth-order valence-corrected chi connectivity index (χ4v) is 2.54. The van der Waals surface area contributed by atoms with Crippen LogP contribution in [0.3, 0.4) is 0 Å². The average molecular weight is 354 g/mol. The quantitative estimate of drug-likeness (QED) is 0.392. The zero-order valence-corrected chi connectivity index (χ0v) is 14.5. The van der Waals surface area contributed by atoms with E-state index in [0.717, 1.165) is 19.3 Å². The number of aryl methyl sites for hydroxylation is 1. The minimum atomic E-state index is -1.24. The monoisotopic (exact) mass is 354 g/mol. The van der Waals surface area contributed by atoms with Gasteiger partial charge in [-0.3, -0.25) is 0 Å². The highest BCUT2D eigenvalue weighted by Gasteiger charge is 2.21. The summed E-state index contributed by atoms with van der Waals surface area (Å²) in [4.78, 5) is 0. The molecule has 0 aliphatic heterocycles. The Balaban J connectivity index is 2.35. The molecule has 0 aliphatic rings. The lowest BCUT2D eigenvalue weighted by molar-refractivity contribution is 0.289. The number of ether oxygens (including phenoxy) is 1. The highest BCUT2D eigenvalue weighted by molar-refractivity contribution is 5.66. The summed E-state index contributed by atoms with van der Waals surface area (Å²) in [5, 5.41) is 0. The molecule has 0 saturated heterocycles. The van der Waals surface area contributed by atoms with Crippen molar-refractivity contribution in [3.8, 4) is 16.9 Å². The lowest BCUT2D eigenvalue weighted by Crippen LogP contribution is -2.03. The third-order valence-electron chi connectivity index (χ3n) is 4.05. The van der Waals surface area contributed by atoms with Crippen LogP contribution in [0, 0.1) is 23.3 Å². The van der Waals surface area contributed by atoms with Crippen molar-refractivity contribution in [1.82, 2.24) is 0 Å². The zero-order chi connectivity index (χ0) is 18.4. The molecule has 0 bridgehead atoms. The van der Waals surface area contributed by atoms with Crippen molar-refractivity contribution in [3.63, 3.8) is 0 Å². The van der Waals surface area contributed by atoms with Crippen LogP contribution >= 0.6 is 0 Å². The summed E-state index contributed by atoms with van der Waals surface area (Å²) in [6, 6.07) is 5.17. The van der Waals surface area contributed by atoms with Crippen molar-refractivity contribution in [2.75, 3.05) is 6.61 Å².